The van der Waals surface area contributed by atoms with Gasteiger partial charge in [-0.1, -0.05) is 0 Å². The number of nitro groups is 1. The van der Waals surface area contributed by atoms with Crippen molar-refractivity contribution in [1.82, 2.24) is 0 Å². The van der Waals surface area contributed by atoms with Gasteiger partial charge in [-0.2, -0.15) is 0 Å². The number of esters is 1. The quantitative estimate of drug-likeness (QED) is 0.507. The second kappa shape index (κ2) is 4.97. The Bertz CT molecular complexity index is 673. The van der Waals surface area contributed by atoms with Gasteiger partial charge in [-0.15, -0.1) is 0 Å². The number of hydrogen-bond donors (Lipinski definition) is 1. The van der Waals surface area contributed by atoms with E-state index in [9.17, 15) is 24.8 Å². The Kier molecular flexibility index (Phi) is 3.23. The lowest BCUT2D eigenvalue weighted by atomic mass is 10.1. The highest BCUT2D eigenvalue weighted by molar-refractivity contribution is 5.98. The zero-order valence-electron chi connectivity index (χ0n) is 11.8. The van der Waals surface area contributed by atoms with Gasteiger partial charge in [0.1, 0.15) is 6.04 Å². The van der Waals surface area contributed by atoms with Gasteiger partial charge in [0.2, 0.25) is 0 Å². The fourth-order valence-electron chi connectivity index (χ4n) is 3.19. The number of methoxy groups -OCH3 is 1. The van der Waals surface area contributed by atoms with Crippen molar-refractivity contribution in [1.29, 1.82) is 0 Å². The maximum atomic E-state index is 11.9. The van der Waals surface area contributed by atoms with E-state index in [4.69, 9.17) is 0 Å². The van der Waals surface area contributed by atoms with E-state index >= 15 is 0 Å². The lowest BCUT2D eigenvalue weighted by molar-refractivity contribution is -0.384. The Morgan fingerprint density at radius 1 is 1.45 bits per heavy atom. The molecule has 8 heteroatoms. The molecule has 0 unspecified atom stereocenters. The second-order valence-corrected chi connectivity index (χ2v) is 5.55. The first-order valence-corrected chi connectivity index (χ1v) is 6.80. The zero-order chi connectivity index (χ0) is 16.0. The number of aliphatic carboxylic acids is 1. The van der Waals surface area contributed by atoms with Gasteiger partial charge < -0.3 is 14.7 Å². The van der Waals surface area contributed by atoms with Crippen molar-refractivity contribution in [2.24, 2.45) is 11.8 Å². The predicted molar refractivity (Wildman–Crippen MR) is 74.8 cm³/mol. The molecule has 2 aliphatic rings. The maximum absolute atomic E-state index is 11.9. The second-order valence-electron chi connectivity index (χ2n) is 5.55. The van der Waals surface area contributed by atoms with E-state index in [1.807, 2.05) is 0 Å². The number of carboxylic acid groups (broad SMARTS) is 1. The van der Waals surface area contributed by atoms with Crippen LogP contribution in [0.15, 0.2) is 18.2 Å². The molecule has 22 heavy (non-hydrogen) atoms. The third kappa shape index (κ3) is 2.16. The molecule has 1 N–H and O–H groups in total. The highest BCUT2D eigenvalue weighted by atomic mass is 16.6. The van der Waals surface area contributed by atoms with Crippen LogP contribution in [0.4, 0.5) is 11.4 Å². The number of carboxylic acids is 1. The number of fused-ring (bicyclic) bond motifs is 1. The topological polar surface area (TPSA) is 110 Å². The van der Waals surface area contributed by atoms with Crippen LogP contribution in [0.1, 0.15) is 16.8 Å². The van der Waals surface area contributed by atoms with E-state index in [1.165, 1.54) is 19.2 Å². The summed E-state index contributed by atoms with van der Waals surface area (Å²) in [6.07, 6.45) is 0.869. The molecule has 1 aromatic rings. The number of piperidine rings is 1. The average molecular weight is 306 g/mol. The van der Waals surface area contributed by atoms with Crippen LogP contribution < -0.4 is 4.90 Å². The van der Waals surface area contributed by atoms with Crippen LogP contribution in [-0.2, 0) is 9.53 Å². The van der Waals surface area contributed by atoms with Gasteiger partial charge in [0.25, 0.3) is 5.69 Å². The van der Waals surface area contributed by atoms with Crippen LogP contribution in [-0.4, -0.2) is 41.7 Å². The number of benzene rings is 1. The van der Waals surface area contributed by atoms with Gasteiger partial charge >= 0.3 is 11.9 Å². The molecule has 0 aromatic heterocycles. The molecule has 0 radical (unpaired) electrons. The van der Waals surface area contributed by atoms with Crippen LogP contribution in [0, 0.1) is 22.0 Å². The third-order valence-electron chi connectivity index (χ3n) is 4.31. The summed E-state index contributed by atoms with van der Waals surface area (Å²) >= 11 is 0. The van der Waals surface area contributed by atoms with Crippen LogP contribution >= 0.6 is 0 Å². The van der Waals surface area contributed by atoms with E-state index in [-0.39, 0.29) is 17.2 Å². The van der Waals surface area contributed by atoms with Crippen LogP contribution in [0.3, 0.4) is 0 Å². The molecule has 0 spiro atoms. The lowest BCUT2D eigenvalue weighted by Gasteiger charge is -2.27. The molecular formula is C14H14N2O6. The Balaban J connectivity index is 2.04. The van der Waals surface area contributed by atoms with Crippen molar-refractivity contribution in [2.45, 2.75) is 12.5 Å². The molecule has 2 fully saturated rings. The molecule has 0 bridgehead atoms. The SMILES string of the molecule is COC(=O)c1cc([N+](=O)[O-])ccc1N1C[C@H]2C[C@@H]2[C@@H]1C(=O)O. The molecule has 3 rings (SSSR count). The number of rotatable bonds is 4. The summed E-state index contributed by atoms with van der Waals surface area (Å²) in [6, 6.07) is 3.12. The fourth-order valence-corrected chi connectivity index (χ4v) is 3.19. The minimum Gasteiger partial charge on any atom is -0.480 e. The van der Waals surface area contributed by atoms with Gasteiger partial charge in [-0.3, -0.25) is 10.1 Å². The van der Waals surface area contributed by atoms with E-state index in [0.717, 1.165) is 12.5 Å². The molecular weight excluding hydrogens is 292 g/mol. The van der Waals surface area contributed by atoms with Gasteiger partial charge in [-0.05, 0) is 24.3 Å². The summed E-state index contributed by atoms with van der Waals surface area (Å²) in [6.45, 7) is 0.531. The average Bonchev–Trinajstić information content (AvgIpc) is 3.15. The summed E-state index contributed by atoms with van der Waals surface area (Å²) in [7, 11) is 1.18. The molecule has 8 nitrogen and oxygen atoms in total. The zero-order valence-corrected chi connectivity index (χ0v) is 11.8. The Labute approximate surface area is 125 Å². The van der Waals surface area contributed by atoms with Gasteiger partial charge in [-0.25, -0.2) is 9.59 Å². The highest BCUT2D eigenvalue weighted by Gasteiger charge is 2.56. The van der Waals surface area contributed by atoms with Crippen molar-refractivity contribution in [3.05, 3.63) is 33.9 Å². The van der Waals surface area contributed by atoms with Crippen LogP contribution in [0.2, 0.25) is 0 Å². The van der Waals surface area contributed by atoms with Crippen molar-refractivity contribution < 1.29 is 24.4 Å². The molecule has 116 valence electrons. The Hall–Kier alpha value is -2.64. The van der Waals surface area contributed by atoms with Crippen LogP contribution in [0.5, 0.6) is 0 Å². The number of carbonyl (C=O) groups is 2. The largest absolute Gasteiger partial charge is 0.480 e. The monoisotopic (exact) mass is 306 g/mol. The van der Waals surface area contributed by atoms with Crippen molar-refractivity contribution in [3.63, 3.8) is 0 Å². The molecule has 1 saturated heterocycles. The minimum absolute atomic E-state index is 0.0178. The maximum Gasteiger partial charge on any atom is 0.340 e. The number of nitrogens with zero attached hydrogens (tertiary/aromatic N) is 2. The first-order valence-electron chi connectivity index (χ1n) is 6.80. The first kappa shape index (κ1) is 14.3. The van der Waals surface area contributed by atoms with Crippen molar-refractivity contribution in [3.8, 4) is 0 Å². The summed E-state index contributed by atoms with van der Waals surface area (Å²) in [5.41, 5.74) is 0.154. The summed E-state index contributed by atoms with van der Waals surface area (Å²) in [4.78, 5) is 35.3. The van der Waals surface area contributed by atoms with Crippen molar-refractivity contribution in [2.75, 3.05) is 18.6 Å². The van der Waals surface area contributed by atoms with E-state index < -0.39 is 22.9 Å². The minimum atomic E-state index is -0.945. The molecule has 3 atom stereocenters. The van der Waals surface area contributed by atoms with Crippen LogP contribution in [0.25, 0.3) is 0 Å². The summed E-state index contributed by atoms with van der Waals surface area (Å²) < 4.78 is 4.67. The lowest BCUT2D eigenvalue weighted by Crippen LogP contribution is -2.40. The summed E-state index contributed by atoms with van der Waals surface area (Å²) in [5.74, 6) is -1.28. The highest BCUT2D eigenvalue weighted by Crippen LogP contribution is 2.51. The number of hydrogen-bond acceptors (Lipinski definition) is 6. The normalized spacial score (nSPS) is 25.5. The number of anilines is 1. The van der Waals surface area contributed by atoms with Gasteiger partial charge in [0, 0.05) is 18.7 Å². The number of carbonyl (C=O) groups excluding carboxylic acids is 1. The molecule has 1 heterocycles. The van der Waals surface area contributed by atoms with E-state index in [0.29, 0.717) is 18.2 Å². The molecule has 1 aromatic carbocycles. The number of ether oxygens (including phenoxy) is 1. The predicted octanol–water partition coefficient (Wildman–Crippen LogP) is 1.29. The number of non-ortho nitro benzene ring substituents is 1. The summed E-state index contributed by atoms with van der Waals surface area (Å²) in [5, 5.41) is 20.3. The smallest absolute Gasteiger partial charge is 0.340 e. The Morgan fingerprint density at radius 2 is 2.18 bits per heavy atom. The van der Waals surface area contributed by atoms with Crippen molar-refractivity contribution >= 4 is 23.3 Å². The standard InChI is InChI=1S/C14H14N2O6/c1-22-14(19)10-5-8(16(20)21)2-3-11(10)15-6-7-4-9(7)12(15)13(17)18/h2-3,5,7,9,12H,4,6H2,1H3,(H,17,18)/t7-,9+,12-/m1/s1. The number of nitro benzene ring substituents is 1. The molecule has 1 saturated carbocycles. The fraction of sp³-hybridized carbons (Fsp3) is 0.429. The van der Waals surface area contributed by atoms with E-state index in [2.05, 4.69) is 4.74 Å². The molecule has 0 amide bonds. The van der Waals surface area contributed by atoms with E-state index in [1.54, 1.807) is 4.90 Å². The Morgan fingerprint density at radius 3 is 2.77 bits per heavy atom. The van der Waals surface area contributed by atoms with Gasteiger partial charge in [0.15, 0.2) is 0 Å². The first-order chi connectivity index (χ1) is 10.4. The van der Waals surface area contributed by atoms with Gasteiger partial charge in [0.05, 0.1) is 23.3 Å². The third-order valence-corrected chi connectivity index (χ3v) is 4.31. The molecule has 1 aliphatic carbocycles. The molecule has 1 aliphatic heterocycles.